The van der Waals surface area contributed by atoms with Crippen LogP contribution in [0, 0.1) is 5.92 Å². The van der Waals surface area contributed by atoms with Gasteiger partial charge >= 0.3 is 11.9 Å². The molecule has 0 N–H and O–H groups in total. The first kappa shape index (κ1) is 24.7. The van der Waals surface area contributed by atoms with E-state index in [1.54, 1.807) is 74.0 Å². The first-order chi connectivity index (χ1) is 16.5. The summed E-state index contributed by atoms with van der Waals surface area (Å²) in [6, 6.07) is 20.7. The van der Waals surface area contributed by atoms with Gasteiger partial charge in [0.2, 0.25) is 0 Å². The Morgan fingerprint density at radius 2 is 1.44 bits per heavy atom. The van der Waals surface area contributed by atoms with E-state index in [9.17, 15) is 9.59 Å². The summed E-state index contributed by atoms with van der Waals surface area (Å²) < 4.78 is 15.8. The van der Waals surface area contributed by atoms with Gasteiger partial charge in [-0.15, -0.1) is 0 Å². The van der Waals surface area contributed by atoms with Crippen molar-refractivity contribution in [2.24, 2.45) is 10.9 Å². The van der Waals surface area contributed by atoms with Crippen molar-refractivity contribution in [2.45, 2.75) is 26.7 Å². The van der Waals surface area contributed by atoms with Crippen LogP contribution in [0.1, 0.15) is 53.0 Å². The fourth-order valence-electron chi connectivity index (χ4n) is 2.99. The Balaban J connectivity index is 1.52. The van der Waals surface area contributed by atoms with Gasteiger partial charge in [-0.2, -0.15) is 0 Å². The van der Waals surface area contributed by atoms with Crippen molar-refractivity contribution in [1.29, 1.82) is 0 Å². The molecular formula is C28H29NO5. The number of hydrogen-bond acceptors (Lipinski definition) is 6. The number of carbonyl (C=O) groups is 2. The second-order valence-electron chi connectivity index (χ2n) is 7.93. The smallest absolute Gasteiger partial charge is 0.343 e. The lowest BCUT2D eigenvalue weighted by molar-refractivity contribution is 0.0484. The van der Waals surface area contributed by atoms with Gasteiger partial charge in [-0.05, 0) is 90.7 Å². The van der Waals surface area contributed by atoms with Gasteiger partial charge < -0.3 is 14.2 Å². The van der Waals surface area contributed by atoms with E-state index >= 15 is 0 Å². The molecule has 0 bridgehead atoms. The maximum absolute atomic E-state index is 12.3. The highest BCUT2D eigenvalue weighted by molar-refractivity contribution is 5.91. The molecule has 1 unspecified atom stereocenters. The molecular weight excluding hydrogens is 430 g/mol. The highest BCUT2D eigenvalue weighted by atomic mass is 16.5. The highest BCUT2D eigenvalue weighted by Gasteiger charge is 2.09. The number of nitrogens with zero attached hydrogens (tertiary/aromatic N) is 1. The van der Waals surface area contributed by atoms with Gasteiger partial charge in [0, 0.05) is 6.21 Å². The van der Waals surface area contributed by atoms with Gasteiger partial charge in [-0.25, -0.2) is 9.59 Å². The number of aliphatic imine (C=N–C) groups is 1. The van der Waals surface area contributed by atoms with E-state index in [0.29, 0.717) is 40.8 Å². The Morgan fingerprint density at radius 1 is 0.853 bits per heavy atom. The summed E-state index contributed by atoms with van der Waals surface area (Å²) in [5, 5.41) is 0. The Kier molecular flexibility index (Phi) is 8.97. The lowest BCUT2D eigenvalue weighted by Gasteiger charge is -2.09. The molecule has 0 aliphatic rings. The standard InChI is InChI=1S/C28H29NO5/c1-4-20(2)17-18-33-27(30)22-7-11-24(12-8-22)29-19-21-5-13-26(14-6-21)34-28(31)23-9-15-25(32-3)16-10-23/h5-16,19-20H,4,17-18H2,1-3H3. The lowest BCUT2D eigenvalue weighted by atomic mass is 10.1. The molecule has 6 nitrogen and oxygen atoms in total. The highest BCUT2D eigenvalue weighted by Crippen LogP contribution is 2.18. The van der Waals surface area contributed by atoms with Crippen LogP contribution in [-0.4, -0.2) is 31.9 Å². The molecule has 0 saturated carbocycles. The van der Waals surface area contributed by atoms with Crippen LogP contribution in [-0.2, 0) is 4.74 Å². The normalized spacial score (nSPS) is 11.7. The third kappa shape index (κ3) is 7.30. The van der Waals surface area contributed by atoms with Crippen LogP contribution < -0.4 is 9.47 Å². The number of rotatable bonds is 10. The molecule has 1 atom stereocenters. The average molecular weight is 460 g/mol. The van der Waals surface area contributed by atoms with Gasteiger partial charge in [0.15, 0.2) is 0 Å². The summed E-state index contributed by atoms with van der Waals surface area (Å²) in [5.41, 5.74) is 2.50. The molecule has 3 aromatic rings. The van der Waals surface area contributed by atoms with Gasteiger partial charge in [-0.1, -0.05) is 20.3 Å². The number of carbonyl (C=O) groups excluding carboxylic acids is 2. The maximum Gasteiger partial charge on any atom is 0.343 e. The summed E-state index contributed by atoms with van der Waals surface area (Å²) in [4.78, 5) is 28.8. The van der Waals surface area contributed by atoms with E-state index in [1.807, 2.05) is 12.1 Å². The average Bonchev–Trinajstić information content (AvgIpc) is 2.88. The van der Waals surface area contributed by atoms with Crippen molar-refractivity contribution in [1.82, 2.24) is 0 Å². The molecule has 34 heavy (non-hydrogen) atoms. The molecule has 0 heterocycles. The second kappa shape index (κ2) is 12.3. The minimum Gasteiger partial charge on any atom is -0.497 e. The zero-order chi connectivity index (χ0) is 24.3. The predicted molar refractivity (Wildman–Crippen MR) is 132 cm³/mol. The first-order valence-electron chi connectivity index (χ1n) is 11.3. The van der Waals surface area contributed by atoms with Gasteiger partial charge in [0.1, 0.15) is 11.5 Å². The van der Waals surface area contributed by atoms with Crippen molar-refractivity contribution >= 4 is 23.8 Å². The molecule has 0 radical (unpaired) electrons. The van der Waals surface area contributed by atoms with E-state index in [-0.39, 0.29) is 5.97 Å². The third-order valence-corrected chi connectivity index (χ3v) is 5.42. The third-order valence-electron chi connectivity index (χ3n) is 5.42. The van der Waals surface area contributed by atoms with Crippen LogP contribution in [0.2, 0.25) is 0 Å². The molecule has 0 saturated heterocycles. The molecule has 0 aromatic heterocycles. The van der Waals surface area contributed by atoms with Gasteiger partial charge in [0.25, 0.3) is 0 Å². The number of benzene rings is 3. The van der Waals surface area contributed by atoms with E-state index in [1.165, 1.54) is 0 Å². The summed E-state index contributed by atoms with van der Waals surface area (Å²) in [6.45, 7) is 4.70. The SMILES string of the molecule is CCC(C)CCOC(=O)c1ccc(N=Cc2ccc(OC(=O)c3ccc(OC)cc3)cc2)cc1. The topological polar surface area (TPSA) is 74.2 Å². The molecule has 3 rings (SSSR count). The summed E-state index contributed by atoms with van der Waals surface area (Å²) in [5.74, 6) is 0.890. The van der Waals surface area contributed by atoms with E-state index in [0.717, 1.165) is 18.4 Å². The van der Waals surface area contributed by atoms with Crippen molar-refractivity contribution in [3.05, 3.63) is 89.5 Å². The summed E-state index contributed by atoms with van der Waals surface area (Å²) >= 11 is 0. The number of ether oxygens (including phenoxy) is 3. The van der Waals surface area contributed by atoms with Crippen molar-refractivity contribution < 1.29 is 23.8 Å². The number of esters is 2. The van der Waals surface area contributed by atoms with E-state index in [2.05, 4.69) is 18.8 Å². The number of hydrogen-bond donors (Lipinski definition) is 0. The quantitative estimate of drug-likeness (QED) is 0.203. The molecule has 6 heteroatoms. The molecule has 0 aliphatic carbocycles. The Hall–Kier alpha value is -3.93. The first-order valence-corrected chi connectivity index (χ1v) is 11.3. The maximum atomic E-state index is 12.3. The Morgan fingerprint density at radius 3 is 2.06 bits per heavy atom. The van der Waals surface area contributed by atoms with Crippen LogP contribution in [0.15, 0.2) is 77.8 Å². The molecule has 0 fully saturated rings. The fourth-order valence-corrected chi connectivity index (χ4v) is 2.99. The largest absolute Gasteiger partial charge is 0.497 e. The molecule has 176 valence electrons. The molecule has 0 amide bonds. The van der Waals surface area contributed by atoms with E-state index in [4.69, 9.17) is 14.2 Å². The van der Waals surface area contributed by atoms with Gasteiger partial charge in [0.05, 0.1) is 30.5 Å². The van der Waals surface area contributed by atoms with Crippen LogP contribution in [0.4, 0.5) is 5.69 Å². The number of methoxy groups -OCH3 is 1. The lowest BCUT2D eigenvalue weighted by Crippen LogP contribution is -2.08. The summed E-state index contributed by atoms with van der Waals surface area (Å²) in [6.07, 6.45) is 3.64. The minimum absolute atomic E-state index is 0.321. The minimum atomic E-state index is -0.442. The van der Waals surface area contributed by atoms with Crippen LogP contribution in [0.25, 0.3) is 0 Å². The van der Waals surface area contributed by atoms with Crippen LogP contribution >= 0.6 is 0 Å². The monoisotopic (exact) mass is 459 g/mol. The van der Waals surface area contributed by atoms with Crippen LogP contribution in [0.5, 0.6) is 11.5 Å². The van der Waals surface area contributed by atoms with Crippen molar-refractivity contribution in [2.75, 3.05) is 13.7 Å². The zero-order valence-corrected chi connectivity index (χ0v) is 19.7. The van der Waals surface area contributed by atoms with Gasteiger partial charge in [-0.3, -0.25) is 4.99 Å². The Bertz CT molecular complexity index is 1100. The zero-order valence-electron chi connectivity index (χ0n) is 19.7. The van der Waals surface area contributed by atoms with Crippen LogP contribution in [0.3, 0.4) is 0 Å². The van der Waals surface area contributed by atoms with Crippen molar-refractivity contribution in [3.8, 4) is 11.5 Å². The fraction of sp³-hybridized carbons (Fsp3) is 0.250. The second-order valence-corrected chi connectivity index (χ2v) is 7.93. The molecule has 0 aliphatic heterocycles. The predicted octanol–water partition coefficient (Wildman–Crippen LogP) is 6.26. The van der Waals surface area contributed by atoms with E-state index < -0.39 is 5.97 Å². The molecule has 3 aromatic carbocycles. The Labute approximate surface area is 200 Å². The summed E-state index contributed by atoms with van der Waals surface area (Å²) in [7, 11) is 1.57. The van der Waals surface area contributed by atoms with Crippen molar-refractivity contribution in [3.63, 3.8) is 0 Å². The molecule has 0 spiro atoms.